The number of sulfonamides is 1. The van der Waals surface area contributed by atoms with E-state index in [9.17, 15) is 18.0 Å². The number of primary amides is 1. The van der Waals surface area contributed by atoms with E-state index < -0.39 is 16.1 Å². The van der Waals surface area contributed by atoms with Crippen LogP contribution in [0.4, 0.5) is 4.79 Å². The zero-order valence-corrected chi connectivity index (χ0v) is 18.2. The maximum Gasteiger partial charge on any atom is 0.315 e. The van der Waals surface area contributed by atoms with Crippen LogP contribution < -0.4 is 5.73 Å². The van der Waals surface area contributed by atoms with E-state index in [1.165, 1.54) is 4.31 Å². The molecule has 2 aromatic carbocycles. The van der Waals surface area contributed by atoms with Crippen molar-refractivity contribution in [3.05, 3.63) is 70.8 Å². The number of rotatable bonds is 4. The summed E-state index contributed by atoms with van der Waals surface area (Å²) >= 11 is 0. The Labute approximate surface area is 182 Å². The molecule has 0 bridgehead atoms. The van der Waals surface area contributed by atoms with E-state index in [4.69, 9.17) is 5.73 Å². The first kappa shape index (κ1) is 21.3. The zero-order valence-electron chi connectivity index (χ0n) is 17.4. The summed E-state index contributed by atoms with van der Waals surface area (Å²) in [6, 6.07) is 14.3. The number of nitrogens with two attached hydrogens (primary N) is 1. The Morgan fingerprint density at radius 1 is 1.00 bits per heavy atom. The number of piperazine rings is 1. The van der Waals surface area contributed by atoms with Crippen LogP contribution in [0.2, 0.25) is 0 Å². The summed E-state index contributed by atoms with van der Waals surface area (Å²) in [6.07, 6.45) is 0. The van der Waals surface area contributed by atoms with Crippen LogP contribution in [0, 0.1) is 0 Å². The summed E-state index contributed by atoms with van der Waals surface area (Å²) in [5, 5.41) is 0. The molecular formula is C22H26N4O4S. The molecule has 0 radical (unpaired) electrons. The number of fused-ring (bicyclic) bond motifs is 1. The highest BCUT2D eigenvalue weighted by Gasteiger charge is 2.34. The molecule has 1 saturated heterocycles. The van der Waals surface area contributed by atoms with E-state index in [0.717, 1.165) is 16.7 Å². The SMILES string of the molecule is CCS(=O)(=O)N1CCN(C(=O)c2ccc(C3c4ccccc4CN3C(N)=O)cc2)CC1. The molecule has 2 aromatic rings. The third-order valence-corrected chi connectivity index (χ3v) is 7.92. The van der Waals surface area contributed by atoms with Crippen LogP contribution >= 0.6 is 0 Å². The topological polar surface area (TPSA) is 104 Å². The summed E-state index contributed by atoms with van der Waals surface area (Å²) < 4.78 is 25.5. The third-order valence-electron chi connectivity index (χ3n) is 6.04. The Bertz CT molecular complexity index is 1090. The summed E-state index contributed by atoms with van der Waals surface area (Å²) in [6.45, 7) is 3.44. The molecule has 8 nitrogen and oxygen atoms in total. The van der Waals surface area contributed by atoms with Crippen molar-refractivity contribution in [2.45, 2.75) is 19.5 Å². The van der Waals surface area contributed by atoms with Gasteiger partial charge in [-0.3, -0.25) is 4.79 Å². The van der Waals surface area contributed by atoms with Gasteiger partial charge in [-0.2, -0.15) is 4.31 Å². The molecule has 0 aliphatic carbocycles. The lowest BCUT2D eigenvalue weighted by Crippen LogP contribution is -2.50. The van der Waals surface area contributed by atoms with E-state index in [2.05, 4.69) is 0 Å². The van der Waals surface area contributed by atoms with Crippen molar-refractivity contribution < 1.29 is 18.0 Å². The van der Waals surface area contributed by atoms with Crippen molar-refractivity contribution in [3.8, 4) is 0 Å². The maximum absolute atomic E-state index is 12.9. The molecule has 31 heavy (non-hydrogen) atoms. The van der Waals surface area contributed by atoms with Gasteiger partial charge in [0.2, 0.25) is 10.0 Å². The average molecular weight is 443 g/mol. The van der Waals surface area contributed by atoms with Crippen molar-refractivity contribution in [1.29, 1.82) is 0 Å². The van der Waals surface area contributed by atoms with Crippen molar-refractivity contribution >= 4 is 22.0 Å². The van der Waals surface area contributed by atoms with Gasteiger partial charge < -0.3 is 15.5 Å². The van der Waals surface area contributed by atoms with Crippen LogP contribution in [0.15, 0.2) is 48.5 Å². The number of amides is 3. The van der Waals surface area contributed by atoms with Gasteiger partial charge in [-0.15, -0.1) is 0 Å². The van der Waals surface area contributed by atoms with Crippen molar-refractivity contribution in [2.24, 2.45) is 5.73 Å². The van der Waals surface area contributed by atoms with Gasteiger partial charge in [-0.1, -0.05) is 36.4 Å². The average Bonchev–Trinajstić information content (AvgIpc) is 3.19. The largest absolute Gasteiger partial charge is 0.351 e. The van der Waals surface area contributed by atoms with Gasteiger partial charge in [-0.05, 0) is 35.7 Å². The minimum absolute atomic E-state index is 0.0645. The molecule has 3 amide bonds. The molecule has 164 valence electrons. The second kappa shape index (κ2) is 8.32. The van der Waals surface area contributed by atoms with Crippen LogP contribution in [0.5, 0.6) is 0 Å². The van der Waals surface area contributed by atoms with Crippen LogP contribution in [-0.2, 0) is 16.6 Å². The van der Waals surface area contributed by atoms with Crippen LogP contribution in [-0.4, -0.2) is 66.4 Å². The van der Waals surface area contributed by atoms with Crippen molar-refractivity contribution in [2.75, 3.05) is 31.9 Å². The van der Waals surface area contributed by atoms with Gasteiger partial charge in [0, 0.05) is 38.3 Å². The molecule has 2 N–H and O–H groups in total. The molecule has 2 aliphatic rings. The standard InChI is InChI=1S/C22H26N4O4S/c1-2-31(29,30)25-13-11-24(12-14-25)21(27)17-9-7-16(8-10-17)20-19-6-4-3-5-18(19)15-26(20)22(23)28/h3-10,20H,2,11-15H2,1H3,(H2,23,28). The number of carbonyl (C=O) groups excluding carboxylic acids is 2. The predicted molar refractivity (Wildman–Crippen MR) is 117 cm³/mol. The van der Waals surface area contributed by atoms with E-state index in [1.54, 1.807) is 28.9 Å². The lowest BCUT2D eigenvalue weighted by molar-refractivity contribution is 0.0698. The van der Waals surface area contributed by atoms with E-state index >= 15 is 0 Å². The molecule has 0 spiro atoms. The second-order valence-electron chi connectivity index (χ2n) is 7.78. The Hall–Kier alpha value is -2.91. The summed E-state index contributed by atoms with van der Waals surface area (Å²) in [4.78, 5) is 28.2. The smallest absolute Gasteiger partial charge is 0.315 e. The third kappa shape index (κ3) is 4.03. The Morgan fingerprint density at radius 3 is 2.26 bits per heavy atom. The molecule has 1 atom stereocenters. The van der Waals surface area contributed by atoms with E-state index in [0.29, 0.717) is 38.3 Å². The molecule has 4 rings (SSSR count). The molecule has 0 aromatic heterocycles. The molecule has 0 saturated carbocycles. The van der Waals surface area contributed by atoms with Gasteiger partial charge >= 0.3 is 6.03 Å². The second-order valence-corrected chi connectivity index (χ2v) is 10.0. The highest BCUT2D eigenvalue weighted by molar-refractivity contribution is 7.89. The van der Waals surface area contributed by atoms with Gasteiger partial charge in [0.05, 0.1) is 11.8 Å². The minimum atomic E-state index is -3.23. The number of hydrogen-bond donors (Lipinski definition) is 1. The number of carbonyl (C=O) groups is 2. The zero-order chi connectivity index (χ0) is 22.2. The Morgan fingerprint density at radius 2 is 1.65 bits per heavy atom. The summed E-state index contributed by atoms with van der Waals surface area (Å²) in [5.74, 6) is -0.0617. The molecule has 1 fully saturated rings. The number of urea groups is 1. The fourth-order valence-electron chi connectivity index (χ4n) is 4.29. The number of nitrogens with zero attached hydrogens (tertiary/aromatic N) is 3. The molecule has 1 unspecified atom stereocenters. The summed E-state index contributed by atoms with van der Waals surface area (Å²) in [7, 11) is -3.23. The van der Waals surface area contributed by atoms with Gasteiger partial charge in [-0.25, -0.2) is 13.2 Å². The minimum Gasteiger partial charge on any atom is -0.351 e. The monoisotopic (exact) mass is 442 g/mol. The predicted octanol–water partition coefficient (Wildman–Crippen LogP) is 1.78. The molecule has 9 heteroatoms. The van der Waals surface area contributed by atoms with Crippen LogP contribution in [0.25, 0.3) is 0 Å². The fourth-order valence-corrected chi connectivity index (χ4v) is 5.38. The maximum atomic E-state index is 12.9. The highest BCUT2D eigenvalue weighted by Crippen LogP contribution is 2.38. The molecule has 2 heterocycles. The van der Waals surface area contributed by atoms with Gasteiger partial charge in [0.25, 0.3) is 5.91 Å². The molecule has 2 aliphatic heterocycles. The molecular weight excluding hydrogens is 416 g/mol. The Balaban J connectivity index is 1.50. The number of benzene rings is 2. The van der Waals surface area contributed by atoms with Crippen molar-refractivity contribution in [3.63, 3.8) is 0 Å². The fraction of sp³-hybridized carbons (Fsp3) is 0.364. The van der Waals surface area contributed by atoms with Crippen LogP contribution in [0.3, 0.4) is 0 Å². The first-order valence-electron chi connectivity index (χ1n) is 10.3. The first-order chi connectivity index (χ1) is 14.8. The summed E-state index contributed by atoms with van der Waals surface area (Å²) in [5.41, 5.74) is 9.13. The van der Waals surface area contributed by atoms with Crippen LogP contribution in [0.1, 0.15) is 40.0 Å². The number of hydrogen-bond acceptors (Lipinski definition) is 4. The first-order valence-corrected chi connectivity index (χ1v) is 11.9. The Kier molecular flexibility index (Phi) is 5.72. The van der Waals surface area contributed by atoms with Crippen molar-refractivity contribution in [1.82, 2.24) is 14.1 Å². The normalized spacial score (nSPS) is 19.3. The lowest BCUT2D eigenvalue weighted by Gasteiger charge is -2.34. The van der Waals surface area contributed by atoms with Gasteiger partial charge in [0.1, 0.15) is 0 Å². The van der Waals surface area contributed by atoms with E-state index in [1.807, 2.05) is 36.4 Å². The highest BCUT2D eigenvalue weighted by atomic mass is 32.2. The lowest BCUT2D eigenvalue weighted by atomic mass is 9.97. The van der Waals surface area contributed by atoms with E-state index in [-0.39, 0.29) is 17.7 Å². The quantitative estimate of drug-likeness (QED) is 0.779. The van der Waals surface area contributed by atoms with Gasteiger partial charge in [0.15, 0.2) is 0 Å².